The molecule has 0 spiro atoms. The highest BCUT2D eigenvalue weighted by atomic mass is 16.5. The van der Waals surface area contributed by atoms with Crippen molar-refractivity contribution in [3.05, 3.63) is 35.9 Å². The first-order chi connectivity index (χ1) is 13.7. The Hall–Kier alpha value is -1.81. The number of ether oxygens (including phenoxy) is 2. The van der Waals surface area contributed by atoms with E-state index in [2.05, 4.69) is 42.6 Å². The summed E-state index contributed by atoms with van der Waals surface area (Å²) in [6.45, 7) is 5.53. The molecule has 1 aromatic carbocycles. The van der Waals surface area contributed by atoms with Crippen LogP contribution in [0.5, 0.6) is 5.75 Å². The number of rotatable bonds is 8. The van der Waals surface area contributed by atoms with Crippen molar-refractivity contribution in [2.24, 2.45) is 5.92 Å². The van der Waals surface area contributed by atoms with Gasteiger partial charge < -0.3 is 14.8 Å². The first-order valence-corrected chi connectivity index (χ1v) is 11.0. The van der Waals surface area contributed by atoms with Gasteiger partial charge in [-0.25, -0.2) is 0 Å². The lowest BCUT2D eigenvalue weighted by molar-refractivity contribution is -0.143. The quantitative estimate of drug-likeness (QED) is 0.631. The van der Waals surface area contributed by atoms with E-state index in [0.717, 1.165) is 31.1 Å². The molecule has 2 aliphatic rings. The van der Waals surface area contributed by atoms with E-state index in [1.54, 1.807) is 0 Å². The van der Waals surface area contributed by atoms with E-state index in [-0.39, 0.29) is 12.0 Å². The van der Waals surface area contributed by atoms with E-state index >= 15 is 0 Å². The standard InChI is InChI=1S/C24H35NO3/c1-3-18-5-10-22(11-6-18)28-23-12-7-19(8-13-23)20-15-16-25-21(17-20)9-14-24(26)27-4-2/h7-8,12-13,17-18,21-22,25H,3-6,9-11,14-16H2,1-2H3/t18-,21?,22-. The van der Waals surface area contributed by atoms with Crippen LogP contribution >= 0.6 is 0 Å². The van der Waals surface area contributed by atoms with Crippen LogP contribution in [0.25, 0.3) is 5.57 Å². The second kappa shape index (κ2) is 10.7. The van der Waals surface area contributed by atoms with Gasteiger partial charge in [0, 0.05) is 12.5 Å². The van der Waals surface area contributed by atoms with E-state index in [1.807, 2.05) is 6.92 Å². The van der Waals surface area contributed by atoms with Crippen molar-refractivity contribution < 1.29 is 14.3 Å². The predicted octanol–water partition coefficient (Wildman–Crippen LogP) is 5.12. The minimum absolute atomic E-state index is 0.112. The highest BCUT2D eigenvalue weighted by Gasteiger charge is 2.21. The topological polar surface area (TPSA) is 47.6 Å². The van der Waals surface area contributed by atoms with Crippen molar-refractivity contribution in [2.45, 2.75) is 77.4 Å². The first-order valence-electron chi connectivity index (χ1n) is 11.0. The molecule has 1 atom stereocenters. The van der Waals surface area contributed by atoms with Gasteiger partial charge in [0.15, 0.2) is 0 Å². The summed E-state index contributed by atoms with van der Waals surface area (Å²) < 4.78 is 11.2. The van der Waals surface area contributed by atoms with Gasteiger partial charge in [0.25, 0.3) is 0 Å². The minimum atomic E-state index is -0.112. The van der Waals surface area contributed by atoms with E-state index in [9.17, 15) is 4.79 Å². The van der Waals surface area contributed by atoms with Crippen LogP contribution in [0.2, 0.25) is 0 Å². The fourth-order valence-corrected chi connectivity index (χ4v) is 4.31. The molecule has 1 aromatic rings. The zero-order valence-corrected chi connectivity index (χ0v) is 17.4. The van der Waals surface area contributed by atoms with E-state index in [0.29, 0.717) is 19.1 Å². The maximum absolute atomic E-state index is 11.6. The molecule has 1 aliphatic carbocycles. The van der Waals surface area contributed by atoms with Gasteiger partial charge in [-0.05, 0) is 81.2 Å². The SMILES string of the molecule is CCOC(=O)CCC1C=C(c2ccc(O[C@H]3CC[C@H](CC)CC3)cc2)CCN1. The maximum Gasteiger partial charge on any atom is 0.305 e. The summed E-state index contributed by atoms with van der Waals surface area (Å²) in [4.78, 5) is 11.6. The van der Waals surface area contributed by atoms with E-state index in [1.165, 1.54) is 43.2 Å². The zero-order valence-electron chi connectivity index (χ0n) is 17.4. The van der Waals surface area contributed by atoms with E-state index < -0.39 is 0 Å². The molecule has 1 N–H and O–H groups in total. The molecule has 0 amide bonds. The Bertz CT molecular complexity index is 644. The Kier molecular flexibility index (Phi) is 7.96. The number of carbonyl (C=O) groups is 1. The molecule has 28 heavy (non-hydrogen) atoms. The molecule has 0 saturated heterocycles. The maximum atomic E-state index is 11.6. The van der Waals surface area contributed by atoms with Gasteiger partial charge in [-0.1, -0.05) is 31.6 Å². The molecular weight excluding hydrogens is 350 g/mol. The van der Waals surface area contributed by atoms with Gasteiger partial charge in [0.2, 0.25) is 0 Å². The Balaban J connectivity index is 1.53. The molecule has 1 saturated carbocycles. The van der Waals surface area contributed by atoms with Crippen LogP contribution in [-0.2, 0) is 9.53 Å². The summed E-state index contributed by atoms with van der Waals surface area (Å²) >= 11 is 0. The molecule has 1 aliphatic heterocycles. The van der Waals surface area contributed by atoms with E-state index in [4.69, 9.17) is 9.47 Å². The molecule has 1 heterocycles. The normalized spacial score (nSPS) is 25.1. The van der Waals surface area contributed by atoms with Crippen molar-refractivity contribution in [1.82, 2.24) is 5.32 Å². The summed E-state index contributed by atoms with van der Waals surface area (Å²) in [6, 6.07) is 8.80. The van der Waals surface area contributed by atoms with Gasteiger partial charge in [0.1, 0.15) is 5.75 Å². The molecule has 3 rings (SSSR count). The van der Waals surface area contributed by atoms with Crippen LogP contribution in [0.3, 0.4) is 0 Å². The Labute approximate surface area is 169 Å². The average molecular weight is 386 g/mol. The van der Waals surface area contributed by atoms with Gasteiger partial charge in [-0.2, -0.15) is 0 Å². The van der Waals surface area contributed by atoms with Crippen molar-refractivity contribution in [1.29, 1.82) is 0 Å². The summed E-state index contributed by atoms with van der Waals surface area (Å²) in [5.74, 6) is 1.77. The Morgan fingerprint density at radius 2 is 1.86 bits per heavy atom. The fraction of sp³-hybridized carbons (Fsp3) is 0.625. The minimum Gasteiger partial charge on any atom is -0.490 e. The molecule has 1 fully saturated rings. The third kappa shape index (κ3) is 6.10. The molecule has 1 unspecified atom stereocenters. The highest BCUT2D eigenvalue weighted by molar-refractivity contribution is 5.70. The second-order valence-electron chi connectivity index (χ2n) is 8.04. The second-order valence-corrected chi connectivity index (χ2v) is 8.04. The number of hydrogen-bond donors (Lipinski definition) is 1. The van der Waals surface area contributed by atoms with Crippen LogP contribution in [-0.4, -0.2) is 31.3 Å². The van der Waals surface area contributed by atoms with Crippen LogP contribution in [0.15, 0.2) is 30.3 Å². The smallest absolute Gasteiger partial charge is 0.305 e. The van der Waals surface area contributed by atoms with Gasteiger partial charge in [-0.15, -0.1) is 0 Å². The molecule has 0 aromatic heterocycles. The molecular formula is C24H35NO3. The lowest BCUT2D eigenvalue weighted by atomic mass is 9.86. The van der Waals surface area contributed by atoms with Crippen LogP contribution in [0.4, 0.5) is 0 Å². The van der Waals surface area contributed by atoms with Gasteiger partial charge in [0.05, 0.1) is 12.7 Å². The fourth-order valence-electron chi connectivity index (χ4n) is 4.31. The number of esters is 1. The number of hydrogen-bond acceptors (Lipinski definition) is 4. The third-order valence-corrected chi connectivity index (χ3v) is 6.07. The largest absolute Gasteiger partial charge is 0.490 e. The van der Waals surface area contributed by atoms with Crippen molar-refractivity contribution in [3.8, 4) is 5.75 Å². The molecule has 4 heteroatoms. The molecule has 0 bridgehead atoms. The molecule has 154 valence electrons. The summed E-state index contributed by atoms with van der Waals surface area (Å²) in [6.07, 6.45) is 11.1. The van der Waals surface area contributed by atoms with Crippen LogP contribution in [0.1, 0.15) is 70.8 Å². The Morgan fingerprint density at radius 3 is 2.54 bits per heavy atom. The number of carbonyl (C=O) groups excluding carboxylic acids is 1. The van der Waals surface area contributed by atoms with Crippen molar-refractivity contribution in [2.75, 3.05) is 13.2 Å². The summed E-state index contributed by atoms with van der Waals surface area (Å²) in [7, 11) is 0. The van der Waals surface area contributed by atoms with Gasteiger partial charge in [-0.3, -0.25) is 4.79 Å². The summed E-state index contributed by atoms with van der Waals surface area (Å²) in [5, 5.41) is 3.48. The van der Waals surface area contributed by atoms with Crippen LogP contribution < -0.4 is 10.1 Å². The number of nitrogens with one attached hydrogen (secondary N) is 1. The Morgan fingerprint density at radius 1 is 1.11 bits per heavy atom. The monoisotopic (exact) mass is 385 g/mol. The predicted molar refractivity (Wildman–Crippen MR) is 113 cm³/mol. The van der Waals surface area contributed by atoms with Crippen LogP contribution in [0, 0.1) is 5.92 Å². The lowest BCUT2D eigenvalue weighted by Crippen LogP contribution is -2.32. The lowest BCUT2D eigenvalue weighted by Gasteiger charge is -2.28. The molecule has 4 nitrogen and oxygen atoms in total. The number of benzene rings is 1. The van der Waals surface area contributed by atoms with Crippen molar-refractivity contribution in [3.63, 3.8) is 0 Å². The summed E-state index contributed by atoms with van der Waals surface area (Å²) in [5.41, 5.74) is 2.60. The first kappa shape index (κ1) is 20.9. The average Bonchev–Trinajstić information content (AvgIpc) is 2.74. The van der Waals surface area contributed by atoms with Gasteiger partial charge >= 0.3 is 5.97 Å². The third-order valence-electron chi connectivity index (χ3n) is 6.07. The van der Waals surface area contributed by atoms with Crippen molar-refractivity contribution >= 4 is 11.5 Å². The highest BCUT2D eigenvalue weighted by Crippen LogP contribution is 2.30. The molecule has 0 radical (unpaired) electrons. The zero-order chi connectivity index (χ0) is 19.8.